The van der Waals surface area contributed by atoms with E-state index in [0.717, 1.165) is 51.5 Å². The molecule has 2 rings (SSSR count). The number of ether oxygens (including phenoxy) is 1. The number of morpholine rings is 1. The van der Waals surface area contributed by atoms with E-state index in [1.165, 1.54) is 5.56 Å². The Morgan fingerprint density at radius 3 is 2.19 bits per heavy atom. The molecule has 0 radical (unpaired) electrons. The number of carbonyl (C=O) groups is 3. The van der Waals surface area contributed by atoms with Crippen molar-refractivity contribution in [2.75, 3.05) is 51.3 Å². The normalized spacial score (nSPS) is 14.0. The van der Waals surface area contributed by atoms with Crippen molar-refractivity contribution in [1.29, 1.82) is 0 Å². The van der Waals surface area contributed by atoms with Crippen LogP contribution in [0.4, 0.5) is 5.69 Å². The molecule has 0 spiro atoms. The van der Waals surface area contributed by atoms with Crippen molar-refractivity contribution in [2.24, 2.45) is 0 Å². The van der Waals surface area contributed by atoms with Crippen molar-refractivity contribution < 1.29 is 29.3 Å². The molecule has 150 valence electrons. The number of hydrogen-bond donors (Lipinski definition) is 4. The van der Waals surface area contributed by atoms with Gasteiger partial charge in [-0.05, 0) is 24.1 Å². The second kappa shape index (κ2) is 12.8. The lowest BCUT2D eigenvalue weighted by molar-refractivity contribution is -0.159. The Labute approximate surface area is 158 Å². The highest BCUT2D eigenvalue weighted by molar-refractivity contribution is 6.27. The van der Waals surface area contributed by atoms with E-state index < -0.39 is 11.9 Å². The van der Waals surface area contributed by atoms with E-state index in [1.54, 1.807) is 0 Å². The Balaban J connectivity index is 0.000000527. The second-order valence-electron chi connectivity index (χ2n) is 5.84. The summed E-state index contributed by atoms with van der Waals surface area (Å²) in [7, 11) is 0. The maximum absolute atomic E-state index is 11.8. The molecule has 0 atom stereocenters. The smallest absolute Gasteiger partial charge is 0.414 e. The third kappa shape index (κ3) is 10.3. The van der Waals surface area contributed by atoms with Crippen LogP contribution in [0.5, 0.6) is 0 Å². The maximum Gasteiger partial charge on any atom is 0.414 e. The SMILES string of the molecule is CCc1ccc(NC(=O)CNCCN2CCOCC2)cc1.O=C(O)C(=O)O. The van der Waals surface area contributed by atoms with Gasteiger partial charge in [0.25, 0.3) is 0 Å². The van der Waals surface area contributed by atoms with Gasteiger partial charge in [-0.25, -0.2) is 9.59 Å². The first-order valence-corrected chi connectivity index (χ1v) is 8.78. The largest absolute Gasteiger partial charge is 0.473 e. The Hall–Kier alpha value is -2.49. The van der Waals surface area contributed by atoms with Gasteiger partial charge in [0.15, 0.2) is 0 Å². The van der Waals surface area contributed by atoms with Crippen LogP contribution in [-0.4, -0.2) is 78.9 Å². The third-order valence-electron chi connectivity index (χ3n) is 3.82. The van der Waals surface area contributed by atoms with Crippen LogP contribution >= 0.6 is 0 Å². The van der Waals surface area contributed by atoms with E-state index in [9.17, 15) is 4.79 Å². The van der Waals surface area contributed by atoms with Gasteiger partial charge in [0.05, 0.1) is 19.8 Å². The quantitative estimate of drug-likeness (QED) is 0.391. The van der Waals surface area contributed by atoms with Crippen molar-refractivity contribution in [3.05, 3.63) is 29.8 Å². The molecule has 1 aliphatic rings. The number of nitrogens with zero attached hydrogens (tertiary/aromatic N) is 1. The van der Waals surface area contributed by atoms with Crippen molar-refractivity contribution in [1.82, 2.24) is 10.2 Å². The van der Waals surface area contributed by atoms with Gasteiger partial charge in [0.1, 0.15) is 0 Å². The summed E-state index contributed by atoms with van der Waals surface area (Å²) in [5, 5.41) is 20.9. The van der Waals surface area contributed by atoms with Crippen LogP contribution in [0.2, 0.25) is 0 Å². The van der Waals surface area contributed by atoms with Crippen LogP contribution in [0.25, 0.3) is 0 Å². The lowest BCUT2D eigenvalue weighted by atomic mass is 10.1. The summed E-state index contributed by atoms with van der Waals surface area (Å²) in [5.41, 5.74) is 2.13. The highest BCUT2D eigenvalue weighted by atomic mass is 16.5. The fraction of sp³-hybridized carbons (Fsp3) is 0.500. The molecule has 0 aromatic heterocycles. The number of carboxylic acids is 2. The summed E-state index contributed by atoms with van der Waals surface area (Å²) in [5.74, 6) is -3.65. The minimum absolute atomic E-state index is 0.00114. The predicted molar refractivity (Wildman–Crippen MR) is 99.9 cm³/mol. The molecule has 1 fully saturated rings. The molecule has 0 saturated carbocycles. The molecule has 1 aromatic carbocycles. The fourth-order valence-electron chi connectivity index (χ4n) is 2.29. The highest BCUT2D eigenvalue weighted by Gasteiger charge is 2.09. The number of anilines is 1. The van der Waals surface area contributed by atoms with E-state index in [2.05, 4.69) is 22.5 Å². The van der Waals surface area contributed by atoms with Crippen LogP contribution < -0.4 is 10.6 Å². The van der Waals surface area contributed by atoms with Crippen molar-refractivity contribution in [2.45, 2.75) is 13.3 Å². The monoisotopic (exact) mass is 381 g/mol. The number of nitrogens with one attached hydrogen (secondary N) is 2. The molecule has 1 saturated heterocycles. The van der Waals surface area contributed by atoms with Gasteiger partial charge in [-0.1, -0.05) is 19.1 Å². The number of aryl methyl sites for hydroxylation is 1. The minimum Gasteiger partial charge on any atom is -0.473 e. The molecule has 0 bridgehead atoms. The fourth-order valence-corrected chi connectivity index (χ4v) is 2.29. The maximum atomic E-state index is 11.8. The summed E-state index contributed by atoms with van der Waals surface area (Å²) in [4.78, 5) is 32.4. The average Bonchev–Trinajstić information content (AvgIpc) is 2.67. The van der Waals surface area contributed by atoms with Crippen molar-refractivity contribution in [3.8, 4) is 0 Å². The molecular weight excluding hydrogens is 354 g/mol. The van der Waals surface area contributed by atoms with Gasteiger partial charge in [-0.15, -0.1) is 0 Å². The average molecular weight is 381 g/mol. The molecule has 0 unspecified atom stereocenters. The summed E-state index contributed by atoms with van der Waals surface area (Å²) >= 11 is 0. The van der Waals surface area contributed by atoms with Gasteiger partial charge < -0.3 is 25.6 Å². The Bertz CT molecular complexity index is 588. The van der Waals surface area contributed by atoms with E-state index in [-0.39, 0.29) is 5.91 Å². The number of benzene rings is 1. The minimum atomic E-state index is -1.82. The Morgan fingerprint density at radius 2 is 1.67 bits per heavy atom. The summed E-state index contributed by atoms with van der Waals surface area (Å²) in [6, 6.07) is 7.98. The van der Waals surface area contributed by atoms with E-state index in [0.29, 0.717) is 6.54 Å². The van der Waals surface area contributed by atoms with Crippen LogP contribution in [0.3, 0.4) is 0 Å². The molecule has 1 aromatic rings. The van der Waals surface area contributed by atoms with Gasteiger partial charge in [0.2, 0.25) is 5.91 Å². The number of aliphatic carboxylic acids is 2. The number of rotatable bonds is 7. The lowest BCUT2D eigenvalue weighted by Crippen LogP contribution is -2.41. The zero-order valence-corrected chi connectivity index (χ0v) is 15.4. The molecule has 9 heteroatoms. The van der Waals surface area contributed by atoms with Crippen LogP contribution in [0.15, 0.2) is 24.3 Å². The van der Waals surface area contributed by atoms with Gasteiger partial charge in [-0.3, -0.25) is 9.69 Å². The first-order chi connectivity index (χ1) is 12.9. The summed E-state index contributed by atoms with van der Waals surface area (Å²) in [6.07, 6.45) is 1.01. The van der Waals surface area contributed by atoms with Crippen molar-refractivity contribution in [3.63, 3.8) is 0 Å². The molecule has 1 heterocycles. The van der Waals surface area contributed by atoms with E-state index in [4.69, 9.17) is 24.5 Å². The Kier molecular flexibility index (Phi) is 10.7. The standard InChI is InChI=1S/C16H25N3O2.C2H2O4/c1-2-14-3-5-15(6-4-14)18-16(20)13-17-7-8-19-9-11-21-12-10-19;3-1(4)2(5)6/h3-6,17H,2,7-13H2,1H3,(H,18,20);(H,3,4)(H,5,6). The molecule has 1 aliphatic heterocycles. The van der Waals surface area contributed by atoms with E-state index >= 15 is 0 Å². The summed E-state index contributed by atoms with van der Waals surface area (Å²) < 4.78 is 5.30. The van der Waals surface area contributed by atoms with E-state index in [1.807, 2.05) is 24.3 Å². The van der Waals surface area contributed by atoms with Crippen molar-refractivity contribution >= 4 is 23.5 Å². The van der Waals surface area contributed by atoms with Crippen LogP contribution in [-0.2, 0) is 25.5 Å². The predicted octanol–water partition coefficient (Wildman–Crippen LogP) is 0.265. The molecule has 0 aliphatic carbocycles. The molecule has 4 N–H and O–H groups in total. The highest BCUT2D eigenvalue weighted by Crippen LogP contribution is 2.09. The third-order valence-corrected chi connectivity index (χ3v) is 3.82. The molecule has 9 nitrogen and oxygen atoms in total. The number of carbonyl (C=O) groups excluding carboxylic acids is 1. The molecule has 1 amide bonds. The number of carboxylic acid groups (broad SMARTS) is 2. The Morgan fingerprint density at radius 1 is 1.07 bits per heavy atom. The van der Waals surface area contributed by atoms with Gasteiger partial charge >= 0.3 is 11.9 Å². The number of hydrogen-bond acceptors (Lipinski definition) is 6. The number of amides is 1. The first kappa shape index (κ1) is 22.6. The summed E-state index contributed by atoms with van der Waals surface area (Å²) in [6.45, 7) is 7.84. The topological polar surface area (TPSA) is 128 Å². The molecular formula is C18H27N3O6. The zero-order chi connectivity index (χ0) is 20.1. The first-order valence-electron chi connectivity index (χ1n) is 8.78. The van der Waals surface area contributed by atoms with Crippen LogP contribution in [0.1, 0.15) is 12.5 Å². The van der Waals surface area contributed by atoms with Gasteiger partial charge in [0, 0.05) is 31.9 Å². The second-order valence-corrected chi connectivity index (χ2v) is 5.84. The van der Waals surface area contributed by atoms with Gasteiger partial charge in [-0.2, -0.15) is 0 Å². The lowest BCUT2D eigenvalue weighted by Gasteiger charge is -2.26. The zero-order valence-electron chi connectivity index (χ0n) is 15.4. The van der Waals surface area contributed by atoms with Crippen LogP contribution in [0, 0.1) is 0 Å². The molecule has 27 heavy (non-hydrogen) atoms.